The number of ether oxygens (including phenoxy) is 1. The van der Waals surface area contributed by atoms with Crippen molar-refractivity contribution >= 4 is 21.6 Å². The van der Waals surface area contributed by atoms with Gasteiger partial charge in [-0.15, -0.1) is 0 Å². The fourth-order valence-electron chi connectivity index (χ4n) is 1.86. The van der Waals surface area contributed by atoms with Crippen molar-refractivity contribution in [3.8, 4) is 11.8 Å². The summed E-state index contributed by atoms with van der Waals surface area (Å²) in [5.41, 5.74) is 2.62. The Bertz CT molecular complexity index is 628. The topological polar surface area (TPSA) is 50.0 Å². The third kappa shape index (κ3) is 3.09. The summed E-state index contributed by atoms with van der Waals surface area (Å²) in [5, 5.41) is 12.2. The number of hydrogen-bond donors (Lipinski definition) is 1. The fourth-order valence-corrected chi connectivity index (χ4v) is 2.22. The molecule has 0 saturated heterocycles. The zero-order valence-corrected chi connectivity index (χ0v) is 12.4. The first kappa shape index (κ1) is 13.5. The number of anilines is 1. The fraction of sp³-hybridized carbons (Fsp3) is 0.214. The molecule has 0 radical (unpaired) electrons. The smallest absolute Gasteiger partial charge is 0.142 e. The maximum atomic E-state index is 8.92. The summed E-state index contributed by atoms with van der Waals surface area (Å²) in [6, 6.07) is 9.82. The van der Waals surface area contributed by atoms with Crippen LogP contribution in [0.2, 0.25) is 0 Å². The second-order valence-corrected chi connectivity index (χ2v) is 5.07. The van der Waals surface area contributed by atoms with E-state index in [4.69, 9.17) is 10.00 Å². The van der Waals surface area contributed by atoms with Gasteiger partial charge in [-0.1, -0.05) is 15.9 Å². The van der Waals surface area contributed by atoms with Crippen LogP contribution in [-0.4, -0.2) is 11.7 Å². The molecule has 0 spiro atoms. The molecule has 1 heterocycles. The van der Waals surface area contributed by atoms with E-state index in [-0.39, 0.29) is 0 Å². The minimum atomic E-state index is 0.641. The average Bonchev–Trinajstić information content (AvgIpc) is 2.77. The van der Waals surface area contributed by atoms with Gasteiger partial charge in [-0.3, -0.25) is 0 Å². The summed E-state index contributed by atoms with van der Waals surface area (Å²) in [7, 11) is 3.51. The van der Waals surface area contributed by atoms with Crippen molar-refractivity contribution in [3.05, 3.63) is 46.2 Å². The molecule has 0 aliphatic carbocycles. The summed E-state index contributed by atoms with van der Waals surface area (Å²) in [4.78, 5) is 0. The zero-order valence-electron chi connectivity index (χ0n) is 10.8. The van der Waals surface area contributed by atoms with Crippen LogP contribution < -0.4 is 10.1 Å². The van der Waals surface area contributed by atoms with Crippen LogP contribution in [0, 0.1) is 11.3 Å². The lowest BCUT2D eigenvalue weighted by Crippen LogP contribution is -2.00. The van der Waals surface area contributed by atoms with Crippen molar-refractivity contribution in [2.24, 2.45) is 7.05 Å². The molecule has 5 heteroatoms. The number of halogens is 1. The number of nitriles is 1. The molecule has 2 aromatic rings. The van der Waals surface area contributed by atoms with Gasteiger partial charge in [0.25, 0.3) is 0 Å². The molecule has 1 N–H and O–H groups in total. The molecule has 0 saturated carbocycles. The van der Waals surface area contributed by atoms with Gasteiger partial charge in [0.05, 0.1) is 12.8 Å². The third-order valence-corrected chi connectivity index (χ3v) is 3.31. The number of rotatable bonds is 4. The van der Waals surface area contributed by atoms with Crippen LogP contribution >= 0.6 is 15.9 Å². The lowest BCUT2D eigenvalue weighted by Gasteiger charge is -2.10. The zero-order chi connectivity index (χ0) is 13.8. The second kappa shape index (κ2) is 5.81. The molecule has 0 aliphatic heterocycles. The maximum absolute atomic E-state index is 8.92. The molecule has 19 heavy (non-hydrogen) atoms. The number of aryl methyl sites for hydroxylation is 1. The van der Waals surface area contributed by atoms with Gasteiger partial charge in [-0.2, -0.15) is 5.26 Å². The number of benzene rings is 1. The first-order valence-corrected chi connectivity index (χ1v) is 6.56. The van der Waals surface area contributed by atoms with Crippen LogP contribution in [0.15, 0.2) is 34.9 Å². The van der Waals surface area contributed by atoms with E-state index < -0.39 is 0 Å². The number of nitrogens with one attached hydrogen (secondary N) is 1. The predicted molar refractivity (Wildman–Crippen MR) is 78.1 cm³/mol. The van der Waals surface area contributed by atoms with Gasteiger partial charge in [-0.25, -0.2) is 0 Å². The van der Waals surface area contributed by atoms with Crippen molar-refractivity contribution in [3.63, 3.8) is 0 Å². The molecular formula is C14H14BrN3O. The molecule has 0 bridgehead atoms. The SMILES string of the molecule is COc1ccc(Br)cc1NCc1cc(C#N)n(C)c1. The van der Waals surface area contributed by atoms with Gasteiger partial charge >= 0.3 is 0 Å². The summed E-state index contributed by atoms with van der Waals surface area (Å²) in [6.45, 7) is 0.641. The summed E-state index contributed by atoms with van der Waals surface area (Å²) < 4.78 is 8.10. The van der Waals surface area contributed by atoms with Crippen LogP contribution in [0.5, 0.6) is 5.75 Å². The Morgan fingerprint density at radius 1 is 1.42 bits per heavy atom. The van der Waals surface area contributed by atoms with E-state index in [9.17, 15) is 0 Å². The first-order chi connectivity index (χ1) is 9.13. The Kier molecular flexibility index (Phi) is 4.13. The van der Waals surface area contributed by atoms with E-state index >= 15 is 0 Å². The lowest BCUT2D eigenvalue weighted by molar-refractivity contribution is 0.416. The molecule has 0 amide bonds. The number of nitrogens with zero attached hydrogens (tertiary/aromatic N) is 2. The summed E-state index contributed by atoms with van der Waals surface area (Å²) in [5.74, 6) is 0.791. The number of hydrogen-bond acceptors (Lipinski definition) is 3. The van der Waals surface area contributed by atoms with Crippen LogP contribution in [0.1, 0.15) is 11.3 Å². The standard InChI is InChI=1S/C14H14BrN3O/c1-18-9-10(5-12(18)7-16)8-17-13-6-11(15)3-4-14(13)19-2/h3-6,9,17H,8H2,1-2H3. The van der Waals surface area contributed by atoms with Crippen molar-refractivity contribution in [2.75, 3.05) is 12.4 Å². The quantitative estimate of drug-likeness (QED) is 0.940. The van der Waals surface area contributed by atoms with Gasteiger partial charge in [-0.05, 0) is 29.8 Å². The Hall–Kier alpha value is -1.93. The molecule has 0 fully saturated rings. The Morgan fingerprint density at radius 2 is 2.21 bits per heavy atom. The highest BCUT2D eigenvalue weighted by Gasteiger charge is 2.05. The molecule has 1 aromatic carbocycles. The van der Waals surface area contributed by atoms with E-state index in [1.165, 1.54) is 0 Å². The average molecular weight is 320 g/mol. The van der Waals surface area contributed by atoms with Gasteiger partial charge in [0, 0.05) is 24.3 Å². The van der Waals surface area contributed by atoms with E-state index in [0.717, 1.165) is 21.5 Å². The molecule has 0 aliphatic rings. The molecule has 98 valence electrons. The Morgan fingerprint density at radius 3 is 2.84 bits per heavy atom. The number of methoxy groups -OCH3 is 1. The highest BCUT2D eigenvalue weighted by molar-refractivity contribution is 9.10. The van der Waals surface area contributed by atoms with Crippen LogP contribution in [-0.2, 0) is 13.6 Å². The van der Waals surface area contributed by atoms with Crippen molar-refractivity contribution in [2.45, 2.75) is 6.54 Å². The van der Waals surface area contributed by atoms with Gasteiger partial charge in [0.2, 0.25) is 0 Å². The molecule has 0 unspecified atom stereocenters. The molecule has 1 aromatic heterocycles. The van der Waals surface area contributed by atoms with Crippen LogP contribution in [0.3, 0.4) is 0 Å². The van der Waals surface area contributed by atoms with Crippen molar-refractivity contribution in [1.29, 1.82) is 5.26 Å². The predicted octanol–water partition coefficient (Wildman–Crippen LogP) is 3.28. The first-order valence-electron chi connectivity index (χ1n) is 5.77. The van der Waals surface area contributed by atoms with E-state index in [1.54, 1.807) is 7.11 Å². The van der Waals surface area contributed by atoms with Gasteiger partial charge < -0.3 is 14.6 Å². The molecule has 2 rings (SSSR count). The monoisotopic (exact) mass is 319 g/mol. The van der Waals surface area contributed by atoms with E-state index in [0.29, 0.717) is 12.2 Å². The molecular weight excluding hydrogens is 306 g/mol. The Balaban J connectivity index is 2.14. The second-order valence-electron chi connectivity index (χ2n) is 4.15. The highest BCUT2D eigenvalue weighted by atomic mass is 79.9. The van der Waals surface area contributed by atoms with Crippen LogP contribution in [0.25, 0.3) is 0 Å². The summed E-state index contributed by atoms with van der Waals surface area (Å²) in [6.07, 6.45) is 1.94. The largest absolute Gasteiger partial charge is 0.495 e. The highest BCUT2D eigenvalue weighted by Crippen LogP contribution is 2.28. The molecule has 4 nitrogen and oxygen atoms in total. The minimum Gasteiger partial charge on any atom is -0.495 e. The minimum absolute atomic E-state index is 0.641. The van der Waals surface area contributed by atoms with Gasteiger partial charge in [0.15, 0.2) is 0 Å². The van der Waals surface area contributed by atoms with Crippen molar-refractivity contribution < 1.29 is 4.74 Å². The van der Waals surface area contributed by atoms with Gasteiger partial charge in [0.1, 0.15) is 17.5 Å². The third-order valence-electron chi connectivity index (χ3n) is 2.82. The van der Waals surface area contributed by atoms with E-state index in [2.05, 4.69) is 27.3 Å². The Labute approximate surface area is 120 Å². The lowest BCUT2D eigenvalue weighted by atomic mass is 10.2. The maximum Gasteiger partial charge on any atom is 0.142 e. The number of aromatic nitrogens is 1. The van der Waals surface area contributed by atoms with E-state index in [1.807, 2.05) is 42.1 Å². The molecule has 0 atom stereocenters. The van der Waals surface area contributed by atoms with Crippen molar-refractivity contribution in [1.82, 2.24) is 4.57 Å². The van der Waals surface area contributed by atoms with Crippen LogP contribution in [0.4, 0.5) is 5.69 Å². The normalized spacial score (nSPS) is 10.0. The summed E-state index contributed by atoms with van der Waals surface area (Å²) >= 11 is 3.44.